The van der Waals surface area contributed by atoms with Crippen LogP contribution in [0.5, 0.6) is 0 Å². The highest BCUT2D eigenvalue weighted by Crippen LogP contribution is 2.31. The molecule has 5 heteroatoms. The molecule has 0 saturated heterocycles. The zero-order valence-electron chi connectivity index (χ0n) is 13.5. The number of aromatic nitrogens is 1. The molecule has 0 bridgehead atoms. The number of carbonyl (C=O) groups excluding carboxylic acids is 1. The van der Waals surface area contributed by atoms with Gasteiger partial charge in [-0.05, 0) is 63.0 Å². The smallest absolute Gasteiger partial charge is 0.238 e. The number of thiazole rings is 1. The van der Waals surface area contributed by atoms with Crippen molar-refractivity contribution in [3.05, 3.63) is 48.0 Å². The molecular formula is C18H19N3OS. The molecule has 0 atom stereocenters. The molecule has 0 spiro atoms. The van der Waals surface area contributed by atoms with E-state index in [1.165, 1.54) is 10.3 Å². The Labute approximate surface area is 139 Å². The Morgan fingerprint density at radius 1 is 1.17 bits per heavy atom. The third kappa shape index (κ3) is 3.75. The van der Waals surface area contributed by atoms with E-state index < -0.39 is 0 Å². The van der Waals surface area contributed by atoms with E-state index in [9.17, 15) is 4.79 Å². The molecule has 1 aromatic heterocycles. The van der Waals surface area contributed by atoms with Crippen molar-refractivity contribution in [2.75, 3.05) is 26.0 Å². The summed E-state index contributed by atoms with van der Waals surface area (Å²) in [5.74, 6) is -0.0155. The first-order chi connectivity index (χ1) is 11.0. The summed E-state index contributed by atoms with van der Waals surface area (Å²) in [5, 5.41) is 3.89. The molecule has 1 N–H and O–H groups in total. The largest absolute Gasteiger partial charge is 0.325 e. The van der Waals surface area contributed by atoms with Crippen molar-refractivity contribution in [1.29, 1.82) is 0 Å². The second kappa shape index (κ2) is 6.48. The van der Waals surface area contributed by atoms with Gasteiger partial charge in [-0.2, -0.15) is 0 Å². The fourth-order valence-corrected chi connectivity index (χ4v) is 3.41. The van der Waals surface area contributed by atoms with Gasteiger partial charge in [0.2, 0.25) is 5.91 Å². The van der Waals surface area contributed by atoms with Crippen LogP contribution in [0.15, 0.2) is 42.5 Å². The second-order valence-corrected chi connectivity index (χ2v) is 6.88. The summed E-state index contributed by atoms with van der Waals surface area (Å²) in [6, 6.07) is 14.1. The van der Waals surface area contributed by atoms with Gasteiger partial charge in [-0.25, -0.2) is 4.98 Å². The first-order valence-corrected chi connectivity index (χ1v) is 8.25. The van der Waals surface area contributed by atoms with Crippen molar-refractivity contribution in [3.63, 3.8) is 0 Å². The Bertz CT molecular complexity index is 837. The number of amides is 1. The predicted molar refractivity (Wildman–Crippen MR) is 97.0 cm³/mol. The average Bonchev–Trinajstić information content (AvgIpc) is 2.90. The first kappa shape index (κ1) is 15.6. The monoisotopic (exact) mass is 325 g/mol. The van der Waals surface area contributed by atoms with E-state index in [1.54, 1.807) is 11.3 Å². The summed E-state index contributed by atoms with van der Waals surface area (Å²) in [7, 11) is 3.75. The number of likely N-dealkylation sites (N-methyl/N-ethyl adjacent to an activating group) is 1. The molecule has 0 unspecified atom stereocenters. The lowest BCUT2D eigenvalue weighted by molar-refractivity contribution is -0.116. The molecule has 118 valence electrons. The van der Waals surface area contributed by atoms with Crippen LogP contribution in [0.1, 0.15) is 5.56 Å². The first-order valence-electron chi connectivity index (χ1n) is 7.43. The fourth-order valence-electron chi connectivity index (χ4n) is 2.34. The van der Waals surface area contributed by atoms with Gasteiger partial charge in [0.05, 0.1) is 16.8 Å². The van der Waals surface area contributed by atoms with Gasteiger partial charge in [0.1, 0.15) is 5.01 Å². The summed E-state index contributed by atoms with van der Waals surface area (Å²) in [6.07, 6.45) is 0. The normalized spacial score (nSPS) is 11.1. The molecule has 0 fully saturated rings. The summed E-state index contributed by atoms with van der Waals surface area (Å²) in [5.41, 5.74) is 4.14. The van der Waals surface area contributed by atoms with Crippen LogP contribution in [-0.4, -0.2) is 36.4 Å². The Hall–Kier alpha value is -2.24. The molecule has 23 heavy (non-hydrogen) atoms. The van der Waals surface area contributed by atoms with Crippen molar-refractivity contribution in [2.24, 2.45) is 0 Å². The van der Waals surface area contributed by atoms with Gasteiger partial charge >= 0.3 is 0 Å². The average molecular weight is 325 g/mol. The number of nitrogens with zero attached hydrogens (tertiary/aromatic N) is 2. The molecule has 1 amide bonds. The number of nitrogens with one attached hydrogen (secondary N) is 1. The molecule has 2 aromatic carbocycles. The number of rotatable bonds is 4. The van der Waals surface area contributed by atoms with Crippen LogP contribution in [0.25, 0.3) is 20.8 Å². The Morgan fingerprint density at radius 3 is 2.61 bits per heavy atom. The lowest BCUT2D eigenvalue weighted by atomic mass is 10.2. The van der Waals surface area contributed by atoms with Crippen molar-refractivity contribution < 1.29 is 4.79 Å². The lowest BCUT2D eigenvalue weighted by Gasteiger charge is -2.10. The molecule has 3 rings (SSSR count). The standard InChI is InChI=1S/C18H19N3OS/c1-12-4-9-15-16(10-12)23-18(20-15)13-5-7-14(8-6-13)19-17(22)11-21(2)3/h4-10H,11H2,1-3H3,(H,19,22). The number of carbonyl (C=O) groups is 1. The van der Waals surface area contributed by atoms with Crippen LogP contribution >= 0.6 is 11.3 Å². The number of hydrogen-bond acceptors (Lipinski definition) is 4. The third-order valence-electron chi connectivity index (χ3n) is 3.42. The maximum atomic E-state index is 11.8. The summed E-state index contributed by atoms with van der Waals surface area (Å²) in [4.78, 5) is 18.3. The van der Waals surface area contributed by atoms with Crippen molar-refractivity contribution in [1.82, 2.24) is 9.88 Å². The van der Waals surface area contributed by atoms with Crippen LogP contribution in [0.4, 0.5) is 5.69 Å². The van der Waals surface area contributed by atoms with Gasteiger partial charge < -0.3 is 10.2 Å². The molecule has 0 saturated carbocycles. The van der Waals surface area contributed by atoms with Gasteiger partial charge in [-0.15, -0.1) is 11.3 Å². The predicted octanol–water partition coefficient (Wildman–Crippen LogP) is 3.77. The molecular weight excluding hydrogens is 306 g/mol. The minimum absolute atomic E-state index is 0.0155. The Morgan fingerprint density at radius 2 is 1.91 bits per heavy atom. The molecule has 1 heterocycles. The minimum atomic E-state index is -0.0155. The zero-order valence-corrected chi connectivity index (χ0v) is 14.3. The highest BCUT2D eigenvalue weighted by molar-refractivity contribution is 7.21. The Kier molecular flexibility index (Phi) is 4.41. The number of aryl methyl sites for hydroxylation is 1. The summed E-state index contributed by atoms with van der Waals surface area (Å²) >= 11 is 1.69. The molecule has 3 aromatic rings. The topological polar surface area (TPSA) is 45.2 Å². The van der Waals surface area contributed by atoms with Gasteiger partial charge in [0.15, 0.2) is 0 Å². The summed E-state index contributed by atoms with van der Waals surface area (Å²) < 4.78 is 1.20. The number of fused-ring (bicyclic) bond motifs is 1. The number of benzene rings is 2. The van der Waals surface area contributed by atoms with Crippen LogP contribution in [0.3, 0.4) is 0 Å². The van der Waals surface area contributed by atoms with Crippen molar-refractivity contribution in [3.8, 4) is 10.6 Å². The van der Waals surface area contributed by atoms with E-state index in [1.807, 2.05) is 43.3 Å². The molecule has 0 aliphatic rings. The molecule has 0 aliphatic heterocycles. The van der Waals surface area contributed by atoms with E-state index in [0.29, 0.717) is 6.54 Å². The van der Waals surface area contributed by atoms with Gasteiger partial charge in [0.25, 0.3) is 0 Å². The van der Waals surface area contributed by atoms with E-state index in [2.05, 4.69) is 35.4 Å². The highest BCUT2D eigenvalue weighted by atomic mass is 32.1. The SMILES string of the molecule is Cc1ccc2nc(-c3ccc(NC(=O)CN(C)C)cc3)sc2c1. The van der Waals surface area contributed by atoms with Crippen molar-refractivity contribution >= 4 is 33.1 Å². The molecule has 0 aliphatic carbocycles. The number of anilines is 1. The van der Waals surface area contributed by atoms with Gasteiger partial charge in [-0.3, -0.25) is 4.79 Å². The maximum absolute atomic E-state index is 11.8. The fraction of sp³-hybridized carbons (Fsp3) is 0.222. The molecule has 0 radical (unpaired) electrons. The van der Waals surface area contributed by atoms with Crippen LogP contribution in [0.2, 0.25) is 0 Å². The maximum Gasteiger partial charge on any atom is 0.238 e. The van der Waals surface area contributed by atoms with Crippen LogP contribution in [0, 0.1) is 6.92 Å². The van der Waals surface area contributed by atoms with Crippen LogP contribution < -0.4 is 5.32 Å². The zero-order chi connectivity index (χ0) is 16.4. The minimum Gasteiger partial charge on any atom is -0.325 e. The lowest BCUT2D eigenvalue weighted by Crippen LogP contribution is -2.26. The van der Waals surface area contributed by atoms with Crippen LogP contribution in [-0.2, 0) is 4.79 Å². The Balaban J connectivity index is 1.79. The third-order valence-corrected chi connectivity index (χ3v) is 4.49. The highest BCUT2D eigenvalue weighted by Gasteiger charge is 2.08. The van der Waals surface area contributed by atoms with E-state index in [4.69, 9.17) is 0 Å². The second-order valence-electron chi connectivity index (χ2n) is 5.85. The van der Waals surface area contributed by atoms with E-state index in [0.717, 1.165) is 21.8 Å². The van der Waals surface area contributed by atoms with Gasteiger partial charge in [-0.1, -0.05) is 6.07 Å². The quantitative estimate of drug-likeness (QED) is 0.794. The molecule has 4 nitrogen and oxygen atoms in total. The number of hydrogen-bond donors (Lipinski definition) is 1. The van der Waals surface area contributed by atoms with Gasteiger partial charge in [0, 0.05) is 11.3 Å². The summed E-state index contributed by atoms with van der Waals surface area (Å²) in [6.45, 7) is 2.46. The van der Waals surface area contributed by atoms with E-state index in [-0.39, 0.29) is 5.91 Å². The van der Waals surface area contributed by atoms with E-state index >= 15 is 0 Å². The van der Waals surface area contributed by atoms with Crippen molar-refractivity contribution in [2.45, 2.75) is 6.92 Å².